The van der Waals surface area contributed by atoms with Crippen molar-refractivity contribution in [3.05, 3.63) is 0 Å². The topological polar surface area (TPSA) is 237 Å². The van der Waals surface area contributed by atoms with E-state index in [1.165, 1.54) is 238 Å². The van der Waals surface area contributed by atoms with Crippen molar-refractivity contribution in [3.8, 4) is 0 Å². The maximum absolute atomic E-state index is 13.1. The highest BCUT2D eigenvalue weighted by atomic mass is 31.2. The fourth-order valence-electron chi connectivity index (χ4n) is 12.6. The quantitative estimate of drug-likeness (QED) is 0.0222. The zero-order chi connectivity index (χ0) is 74.4. The van der Waals surface area contributed by atoms with Crippen LogP contribution >= 0.6 is 15.6 Å². The van der Waals surface area contributed by atoms with Gasteiger partial charge in [-0.2, -0.15) is 0 Å². The van der Waals surface area contributed by atoms with E-state index in [0.717, 1.165) is 108 Å². The van der Waals surface area contributed by atoms with Gasteiger partial charge in [-0.05, 0) is 43.4 Å². The van der Waals surface area contributed by atoms with Crippen LogP contribution in [0.4, 0.5) is 0 Å². The number of aliphatic hydroxyl groups excluding tert-OH is 1. The van der Waals surface area contributed by atoms with Crippen LogP contribution < -0.4 is 0 Å². The lowest BCUT2D eigenvalue weighted by molar-refractivity contribution is -0.161. The van der Waals surface area contributed by atoms with Crippen LogP contribution in [0.1, 0.15) is 427 Å². The van der Waals surface area contributed by atoms with E-state index in [9.17, 15) is 43.2 Å². The van der Waals surface area contributed by atoms with Gasteiger partial charge in [-0.25, -0.2) is 9.13 Å². The first kappa shape index (κ1) is 99.1. The molecule has 0 radical (unpaired) electrons. The Morgan fingerprint density at radius 3 is 0.752 bits per heavy atom. The van der Waals surface area contributed by atoms with Gasteiger partial charge in [-0.3, -0.25) is 37.3 Å². The van der Waals surface area contributed by atoms with Crippen molar-refractivity contribution in [1.29, 1.82) is 0 Å². The Labute approximate surface area is 619 Å². The summed E-state index contributed by atoms with van der Waals surface area (Å²) in [5, 5.41) is 10.6. The van der Waals surface area contributed by atoms with Gasteiger partial charge in [-0.1, -0.05) is 376 Å². The molecule has 0 aliphatic heterocycles. The van der Waals surface area contributed by atoms with Gasteiger partial charge in [0.2, 0.25) is 0 Å². The third kappa shape index (κ3) is 74.7. The first-order valence-electron chi connectivity index (χ1n) is 42.4. The summed E-state index contributed by atoms with van der Waals surface area (Å²) in [7, 11) is -9.92. The fourth-order valence-corrected chi connectivity index (χ4v) is 14.2. The number of carbonyl (C=O) groups is 4. The SMILES string of the molecule is CCCCCCCCCCCC(=O)OC[C@H](COP(=O)(O)OC[C@H](O)COP(=O)(O)OC[C@@H](COC(=O)CCCCCCCCCCCCCCCCC(C)C)OC(=O)CCCCCCCCCCCCCCCCCCCCC(C)CC)OC(=O)CCCCCCCCCCCCC(C)C. The van der Waals surface area contributed by atoms with Crippen LogP contribution in [0.5, 0.6) is 0 Å². The fraction of sp³-hybridized carbons (Fsp3) is 0.951. The zero-order valence-corrected chi connectivity index (χ0v) is 68.2. The average molecular weight is 1480 g/mol. The van der Waals surface area contributed by atoms with Crippen LogP contribution in [0, 0.1) is 17.8 Å². The lowest BCUT2D eigenvalue weighted by Crippen LogP contribution is -2.30. The smallest absolute Gasteiger partial charge is 0.462 e. The predicted octanol–water partition coefficient (Wildman–Crippen LogP) is 24.5. The molecule has 17 nitrogen and oxygen atoms in total. The van der Waals surface area contributed by atoms with Crippen molar-refractivity contribution < 1.29 is 80.2 Å². The number of phosphoric ester groups is 2. The molecule has 3 unspecified atom stereocenters. The summed E-state index contributed by atoms with van der Waals surface area (Å²) in [4.78, 5) is 73.0. The number of hydrogen-bond acceptors (Lipinski definition) is 15. The Morgan fingerprint density at radius 2 is 0.505 bits per heavy atom. The number of unbranched alkanes of at least 4 members (excludes halogenated alkanes) is 47. The van der Waals surface area contributed by atoms with E-state index in [0.29, 0.717) is 25.7 Å². The third-order valence-electron chi connectivity index (χ3n) is 19.5. The number of hydrogen-bond donors (Lipinski definition) is 3. The monoisotopic (exact) mass is 1480 g/mol. The largest absolute Gasteiger partial charge is 0.472 e. The summed E-state index contributed by atoms with van der Waals surface area (Å²) in [6.45, 7) is 12.0. The van der Waals surface area contributed by atoms with Crippen LogP contribution in [-0.2, 0) is 65.4 Å². The zero-order valence-electron chi connectivity index (χ0n) is 66.4. The lowest BCUT2D eigenvalue weighted by Gasteiger charge is -2.21. The number of carbonyl (C=O) groups excluding carboxylic acids is 4. The molecule has 0 aromatic rings. The van der Waals surface area contributed by atoms with Crippen molar-refractivity contribution >= 4 is 39.5 Å². The number of phosphoric acid groups is 2. The molecule has 0 heterocycles. The van der Waals surface area contributed by atoms with Crippen molar-refractivity contribution in [1.82, 2.24) is 0 Å². The van der Waals surface area contributed by atoms with Gasteiger partial charge in [0.1, 0.15) is 19.3 Å². The molecule has 6 atom stereocenters. The lowest BCUT2D eigenvalue weighted by atomic mass is 9.99. The average Bonchev–Trinajstić information content (AvgIpc) is 0.955. The third-order valence-corrected chi connectivity index (χ3v) is 21.4. The Kier molecular flexibility index (Phi) is 70.9. The first-order valence-corrected chi connectivity index (χ1v) is 45.4. The van der Waals surface area contributed by atoms with Crippen molar-refractivity contribution in [2.45, 2.75) is 446 Å². The summed E-state index contributed by atoms with van der Waals surface area (Å²) in [5.74, 6) is 0.311. The van der Waals surface area contributed by atoms with E-state index in [4.69, 9.17) is 37.0 Å². The molecule has 0 bridgehead atoms. The van der Waals surface area contributed by atoms with Crippen LogP contribution in [0.15, 0.2) is 0 Å². The summed E-state index contributed by atoms with van der Waals surface area (Å²) >= 11 is 0. The molecular formula is C82H160O17P2. The number of ether oxygens (including phenoxy) is 4. The first-order chi connectivity index (χ1) is 48.8. The predicted molar refractivity (Wildman–Crippen MR) is 414 cm³/mol. The molecule has 0 aliphatic rings. The number of esters is 4. The maximum Gasteiger partial charge on any atom is 0.472 e. The molecule has 0 saturated carbocycles. The summed E-state index contributed by atoms with van der Waals surface area (Å²) in [6.07, 6.45) is 61.1. The van der Waals surface area contributed by atoms with E-state index in [1.807, 2.05) is 0 Å². The second-order valence-corrected chi connectivity index (χ2v) is 33.6. The molecule has 0 rings (SSSR count). The van der Waals surface area contributed by atoms with Gasteiger partial charge in [0.15, 0.2) is 12.2 Å². The van der Waals surface area contributed by atoms with Gasteiger partial charge in [-0.15, -0.1) is 0 Å². The van der Waals surface area contributed by atoms with Gasteiger partial charge in [0, 0.05) is 25.7 Å². The van der Waals surface area contributed by atoms with Crippen molar-refractivity contribution in [2.24, 2.45) is 17.8 Å². The second kappa shape index (κ2) is 72.3. The molecule has 101 heavy (non-hydrogen) atoms. The minimum absolute atomic E-state index is 0.106. The molecule has 600 valence electrons. The minimum atomic E-state index is -4.96. The normalized spacial score (nSPS) is 14.2. The highest BCUT2D eigenvalue weighted by molar-refractivity contribution is 7.47. The summed E-state index contributed by atoms with van der Waals surface area (Å²) < 4.78 is 68.7. The summed E-state index contributed by atoms with van der Waals surface area (Å²) in [5.41, 5.74) is 0. The van der Waals surface area contributed by atoms with E-state index in [1.54, 1.807) is 0 Å². The Bertz CT molecular complexity index is 1960. The standard InChI is InChI=1S/C82H160O17P2/c1-8-10-11-12-13-32-42-49-56-63-79(84)92-69-77(99-82(87)66-59-52-45-38-31-30-34-40-47-54-61-74(5)6)71-96-100(88,89)94-67-76(83)68-95-101(90,91)97-72-78(70-93-80(85)64-57-50-43-36-28-24-21-20-22-26-33-39-46-53-60-73(3)4)98-81(86)65-58-51-44-37-29-25-19-17-15-14-16-18-23-27-35-41-48-55-62-75(7)9-2/h73-78,83H,8-72H2,1-7H3,(H,88,89)(H,90,91)/t75?,76-,77+,78+/m0/s1. The van der Waals surface area contributed by atoms with E-state index >= 15 is 0 Å². The van der Waals surface area contributed by atoms with Crippen molar-refractivity contribution in [3.63, 3.8) is 0 Å². The van der Waals surface area contributed by atoms with Crippen LogP contribution in [-0.4, -0.2) is 96.7 Å². The highest BCUT2D eigenvalue weighted by Gasteiger charge is 2.30. The second-order valence-electron chi connectivity index (χ2n) is 30.7. The molecule has 0 aromatic carbocycles. The summed E-state index contributed by atoms with van der Waals surface area (Å²) in [6, 6.07) is 0. The highest BCUT2D eigenvalue weighted by Crippen LogP contribution is 2.45. The minimum Gasteiger partial charge on any atom is -0.462 e. The Hall–Kier alpha value is -1.94. The van der Waals surface area contributed by atoms with Crippen LogP contribution in [0.25, 0.3) is 0 Å². The van der Waals surface area contributed by atoms with Gasteiger partial charge in [0.25, 0.3) is 0 Å². The molecular weight excluding hydrogens is 1320 g/mol. The van der Waals surface area contributed by atoms with E-state index in [2.05, 4.69) is 48.5 Å². The van der Waals surface area contributed by atoms with Crippen LogP contribution in [0.3, 0.4) is 0 Å². The maximum atomic E-state index is 13.1. The van der Waals surface area contributed by atoms with Gasteiger partial charge in [0.05, 0.1) is 26.4 Å². The van der Waals surface area contributed by atoms with E-state index < -0.39 is 97.5 Å². The molecule has 0 fully saturated rings. The molecule has 19 heteroatoms. The Balaban J connectivity index is 5.20. The molecule has 0 aromatic heterocycles. The molecule has 0 amide bonds. The van der Waals surface area contributed by atoms with E-state index in [-0.39, 0.29) is 25.7 Å². The number of aliphatic hydroxyl groups is 1. The molecule has 0 spiro atoms. The van der Waals surface area contributed by atoms with Crippen molar-refractivity contribution in [2.75, 3.05) is 39.6 Å². The number of rotatable bonds is 80. The molecule has 3 N–H and O–H groups in total. The Morgan fingerprint density at radius 1 is 0.287 bits per heavy atom. The molecule has 0 aliphatic carbocycles. The van der Waals surface area contributed by atoms with Crippen LogP contribution in [0.2, 0.25) is 0 Å². The van der Waals surface area contributed by atoms with Gasteiger partial charge >= 0.3 is 39.5 Å². The van der Waals surface area contributed by atoms with Gasteiger partial charge < -0.3 is 33.8 Å². The molecule has 0 saturated heterocycles.